The maximum Gasteiger partial charge on any atom is 0.322 e. The maximum absolute atomic E-state index is 12.5. The summed E-state index contributed by atoms with van der Waals surface area (Å²) in [5, 5.41) is 10.6. The van der Waals surface area contributed by atoms with Crippen molar-refractivity contribution in [2.75, 3.05) is 6.54 Å². The van der Waals surface area contributed by atoms with Crippen LogP contribution in [-0.2, 0) is 11.2 Å². The number of nitriles is 1. The highest BCUT2D eigenvalue weighted by molar-refractivity contribution is 5.91. The number of amides is 1. The first-order valence-electron chi connectivity index (χ1n) is 4.15. The summed E-state index contributed by atoms with van der Waals surface area (Å²) < 4.78 is 12.5. The average molecular weight is 192 g/mol. The Labute approximate surface area is 81.2 Å². The van der Waals surface area contributed by atoms with Gasteiger partial charge in [-0.15, -0.1) is 0 Å². The van der Waals surface area contributed by atoms with E-state index >= 15 is 0 Å². The van der Waals surface area contributed by atoms with Crippen molar-refractivity contribution in [3.05, 3.63) is 35.6 Å². The molecule has 3 nitrogen and oxygen atoms in total. The number of benzene rings is 1. The lowest BCUT2D eigenvalue weighted by Crippen LogP contribution is -2.23. The molecule has 1 amide bonds. The van der Waals surface area contributed by atoms with Gasteiger partial charge in [0, 0.05) is 6.54 Å². The van der Waals surface area contributed by atoms with Gasteiger partial charge in [-0.25, -0.2) is 4.39 Å². The molecule has 0 atom stereocenters. The zero-order valence-electron chi connectivity index (χ0n) is 7.46. The molecule has 0 bridgehead atoms. The smallest absolute Gasteiger partial charge is 0.322 e. The van der Waals surface area contributed by atoms with Gasteiger partial charge in [-0.3, -0.25) is 4.79 Å². The van der Waals surface area contributed by atoms with Gasteiger partial charge in [0.1, 0.15) is 5.82 Å². The van der Waals surface area contributed by atoms with Crippen LogP contribution in [0.25, 0.3) is 0 Å². The molecule has 0 saturated heterocycles. The second-order valence-electron chi connectivity index (χ2n) is 2.74. The molecule has 0 fully saturated rings. The molecule has 0 saturated carbocycles. The Morgan fingerprint density at radius 1 is 1.43 bits per heavy atom. The van der Waals surface area contributed by atoms with E-state index in [0.29, 0.717) is 13.0 Å². The number of carbonyl (C=O) groups excluding carboxylic acids is 1. The molecular formula is C10H9FN2O. The van der Waals surface area contributed by atoms with E-state index in [1.54, 1.807) is 12.1 Å². The first-order valence-corrected chi connectivity index (χ1v) is 4.15. The van der Waals surface area contributed by atoms with Crippen molar-refractivity contribution < 1.29 is 9.18 Å². The van der Waals surface area contributed by atoms with Crippen molar-refractivity contribution in [2.45, 2.75) is 6.42 Å². The van der Waals surface area contributed by atoms with E-state index in [1.807, 2.05) is 0 Å². The molecule has 0 radical (unpaired) electrons. The molecule has 0 aromatic heterocycles. The number of nitrogens with zero attached hydrogens (tertiary/aromatic N) is 1. The number of rotatable bonds is 3. The standard InChI is InChI=1S/C10H9FN2O/c11-9-3-1-8(2-4-9)5-6-13-10(14)7-12/h1-4H,5-6H2,(H,13,14). The van der Waals surface area contributed by atoms with Crippen LogP contribution in [0.5, 0.6) is 0 Å². The van der Waals surface area contributed by atoms with Crippen LogP contribution in [0.15, 0.2) is 24.3 Å². The largest absolute Gasteiger partial charge is 0.343 e. The number of hydrogen-bond donors (Lipinski definition) is 1. The van der Waals surface area contributed by atoms with Gasteiger partial charge in [-0.2, -0.15) is 5.26 Å². The highest BCUT2D eigenvalue weighted by atomic mass is 19.1. The summed E-state index contributed by atoms with van der Waals surface area (Å²) in [5.41, 5.74) is 0.921. The Morgan fingerprint density at radius 2 is 2.07 bits per heavy atom. The SMILES string of the molecule is N#CC(=O)NCCc1ccc(F)cc1. The Balaban J connectivity index is 2.36. The van der Waals surface area contributed by atoms with Gasteiger partial charge in [0.2, 0.25) is 0 Å². The predicted octanol–water partition coefficient (Wildman–Crippen LogP) is 1.01. The summed E-state index contributed by atoms with van der Waals surface area (Å²) in [5.74, 6) is -0.929. The van der Waals surface area contributed by atoms with Crippen molar-refractivity contribution in [1.29, 1.82) is 5.26 Å². The molecule has 0 aliphatic carbocycles. The van der Waals surface area contributed by atoms with E-state index in [2.05, 4.69) is 5.32 Å². The van der Waals surface area contributed by atoms with Crippen LogP contribution in [-0.4, -0.2) is 12.5 Å². The lowest BCUT2D eigenvalue weighted by atomic mass is 10.1. The van der Waals surface area contributed by atoms with Crippen molar-refractivity contribution >= 4 is 5.91 Å². The summed E-state index contributed by atoms with van der Waals surface area (Å²) in [4.78, 5) is 10.5. The Morgan fingerprint density at radius 3 is 2.64 bits per heavy atom. The fraction of sp³-hybridized carbons (Fsp3) is 0.200. The quantitative estimate of drug-likeness (QED) is 0.726. The van der Waals surface area contributed by atoms with E-state index in [-0.39, 0.29) is 5.82 Å². The van der Waals surface area contributed by atoms with Crippen molar-refractivity contribution in [2.24, 2.45) is 0 Å². The third kappa shape index (κ3) is 3.23. The molecule has 14 heavy (non-hydrogen) atoms. The Hall–Kier alpha value is -1.89. The third-order valence-corrected chi connectivity index (χ3v) is 1.71. The first kappa shape index (κ1) is 10.2. The number of nitrogens with one attached hydrogen (secondary N) is 1. The van der Waals surface area contributed by atoms with E-state index in [4.69, 9.17) is 5.26 Å². The molecule has 1 rings (SSSR count). The minimum atomic E-state index is -0.646. The van der Waals surface area contributed by atoms with Crippen molar-refractivity contribution in [3.8, 4) is 6.07 Å². The monoisotopic (exact) mass is 192 g/mol. The lowest BCUT2D eigenvalue weighted by molar-refractivity contribution is -0.115. The minimum Gasteiger partial charge on any atom is -0.343 e. The zero-order chi connectivity index (χ0) is 10.4. The lowest BCUT2D eigenvalue weighted by Gasteiger charge is -2.00. The van der Waals surface area contributed by atoms with Crippen molar-refractivity contribution in [3.63, 3.8) is 0 Å². The van der Waals surface area contributed by atoms with Gasteiger partial charge >= 0.3 is 5.91 Å². The molecule has 1 aromatic rings. The number of halogens is 1. The fourth-order valence-corrected chi connectivity index (χ4v) is 1.01. The van der Waals surface area contributed by atoms with Crippen LogP contribution in [0.1, 0.15) is 5.56 Å². The minimum absolute atomic E-state index is 0.283. The summed E-state index contributed by atoms with van der Waals surface area (Å²) in [6.07, 6.45) is 0.591. The van der Waals surface area contributed by atoms with E-state index in [9.17, 15) is 9.18 Å². The molecule has 0 heterocycles. The molecule has 0 aliphatic rings. The molecule has 4 heteroatoms. The average Bonchev–Trinajstić information content (AvgIpc) is 2.21. The molecular weight excluding hydrogens is 183 g/mol. The third-order valence-electron chi connectivity index (χ3n) is 1.71. The molecule has 1 N–H and O–H groups in total. The molecule has 0 spiro atoms. The normalized spacial score (nSPS) is 9.14. The first-order chi connectivity index (χ1) is 6.72. The van der Waals surface area contributed by atoms with Gasteiger partial charge in [0.15, 0.2) is 6.07 Å². The van der Waals surface area contributed by atoms with E-state index in [1.165, 1.54) is 18.2 Å². The van der Waals surface area contributed by atoms with Crippen LogP contribution in [0.3, 0.4) is 0 Å². The number of hydrogen-bond acceptors (Lipinski definition) is 2. The molecule has 0 unspecified atom stereocenters. The molecule has 72 valence electrons. The Bertz CT molecular complexity index is 353. The van der Waals surface area contributed by atoms with Crippen LogP contribution in [0.2, 0.25) is 0 Å². The van der Waals surface area contributed by atoms with Gasteiger partial charge in [-0.05, 0) is 24.1 Å². The van der Waals surface area contributed by atoms with Crippen molar-refractivity contribution in [1.82, 2.24) is 5.32 Å². The fourth-order valence-electron chi connectivity index (χ4n) is 1.01. The predicted molar refractivity (Wildman–Crippen MR) is 48.7 cm³/mol. The summed E-state index contributed by atoms with van der Waals surface area (Å²) in [6, 6.07) is 7.47. The van der Waals surface area contributed by atoms with Gasteiger partial charge in [0.25, 0.3) is 0 Å². The molecule has 0 aliphatic heterocycles. The van der Waals surface area contributed by atoms with Gasteiger partial charge in [-0.1, -0.05) is 12.1 Å². The maximum atomic E-state index is 12.5. The highest BCUT2D eigenvalue weighted by Gasteiger charge is 1.97. The second-order valence-corrected chi connectivity index (χ2v) is 2.74. The van der Waals surface area contributed by atoms with E-state index in [0.717, 1.165) is 5.56 Å². The van der Waals surface area contributed by atoms with Crippen LogP contribution < -0.4 is 5.32 Å². The van der Waals surface area contributed by atoms with Crippen LogP contribution >= 0.6 is 0 Å². The summed E-state index contributed by atoms with van der Waals surface area (Å²) in [7, 11) is 0. The van der Waals surface area contributed by atoms with Crippen LogP contribution in [0.4, 0.5) is 4.39 Å². The topological polar surface area (TPSA) is 52.9 Å². The second kappa shape index (κ2) is 4.97. The zero-order valence-corrected chi connectivity index (χ0v) is 7.46. The summed E-state index contributed by atoms with van der Waals surface area (Å²) >= 11 is 0. The van der Waals surface area contributed by atoms with Gasteiger partial charge < -0.3 is 5.32 Å². The van der Waals surface area contributed by atoms with E-state index < -0.39 is 5.91 Å². The van der Waals surface area contributed by atoms with Crippen LogP contribution in [0, 0.1) is 17.1 Å². The Kier molecular flexibility index (Phi) is 3.62. The summed E-state index contributed by atoms with van der Waals surface area (Å²) in [6.45, 7) is 0.387. The number of carbonyl (C=O) groups is 1. The highest BCUT2D eigenvalue weighted by Crippen LogP contribution is 2.02. The van der Waals surface area contributed by atoms with Gasteiger partial charge in [0.05, 0.1) is 0 Å². The molecule has 1 aromatic carbocycles.